The number of esters is 2. The number of benzene rings is 2. The topological polar surface area (TPSA) is 224 Å². The Hall–Kier alpha value is -5.22. The highest BCUT2D eigenvalue weighted by atomic mass is 16.7. The van der Waals surface area contributed by atoms with Crippen molar-refractivity contribution in [2.24, 2.45) is 0 Å². The number of aliphatic hydroxyl groups is 2. The van der Waals surface area contributed by atoms with E-state index in [0.29, 0.717) is 28.8 Å². The molecule has 1 saturated heterocycles. The number of rotatable bonds is 0. The minimum Gasteiger partial charge on any atom is -0.507 e. The number of phenolic OH excluding ortho intramolecular Hbond substituents is 1. The molecule has 6 atom stereocenters. The molecular formula is C40H48N2O13. The quantitative estimate of drug-likeness (QED) is 0.239. The first-order valence-electron chi connectivity index (χ1n) is 17.9. The van der Waals surface area contributed by atoms with Gasteiger partial charge in [0, 0.05) is 25.7 Å². The normalized spacial score (nSPS) is 27.5. The molecule has 15 heteroatoms. The van der Waals surface area contributed by atoms with Gasteiger partial charge in [-0.1, -0.05) is 18.2 Å². The van der Waals surface area contributed by atoms with Gasteiger partial charge >= 0.3 is 11.9 Å². The van der Waals surface area contributed by atoms with Crippen LogP contribution in [-0.2, 0) is 38.1 Å². The number of fused-ring (bicyclic) bond motifs is 4. The molecule has 0 unspecified atom stereocenters. The maximum absolute atomic E-state index is 13.0. The van der Waals surface area contributed by atoms with E-state index in [9.17, 15) is 44.1 Å². The standard InChI is InChI=1S/C22H27NO6.C18H21NO7/c1-12-9-13(2)19-15(10-12)23-20(25)18-11-17(28-22(4,5)29-18)16(24)8-6-7-14(3)27-21(19)26;1-9-6-11-16(14(22)7-9)18(25)26-10(2)4-3-5-12(20)13(21)8-15(23)17(24)19-11/h6,8-10,14,17-18H,7,11H2,1-5H3,(H,23,25);3,5-7,10,13,15,21-23H,4,8H2,1-2H3,(H,19,24)/b8-6+;5-3+/t14-,17-,18-;10-,13-,15-/m00/s1. The van der Waals surface area contributed by atoms with Crippen molar-refractivity contribution in [1.29, 1.82) is 0 Å². The van der Waals surface area contributed by atoms with Crippen LogP contribution in [0.15, 0.2) is 48.6 Å². The molecule has 2 aromatic carbocycles. The number of ketones is 2. The van der Waals surface area contributed by atoms with Crippen molar-refractivity contribution < 1.29 is 63.0 Å². The number of carbonyl (C=O) groups excluding carboxylic acids is 6. The maximum Gasteiger partial charge on any atom is 0.344 e. The summed E-state index contributed by atoms with van der Waals surface area (Å²) in [7, 11) is 0. The van der Waals surface area contributed by atoms with Crippen LogP contribution >= 0.6 is 0 Å². The monoisotopic (exact) mass is 764 g/mol. The average molecular weight is 765 g/mol. The predicted octanol–water partition coefficient (Wildman–Crippen LogP) is 4.05. The van der Waals surface area contributed by atoms with Crippen molar-refractivity contribution in [3.05, 3.63) is 76.4 Å². The number of cyclic esters (lactones) is 2. The van der Waals surface area contributed by atoms with E-state index in [-0.39, 0.29) is 35.6 Å². The van der Waals surface area contributed by atoms with Crippen molar-refractivity contribution in [3.8, 4) is 5.75 Å². The Kier molecular flexibility index (Phi) is 13.9. The number of hydrogen-bond acceptors (Lipinski definition) is 13. The second-order valence-electron chi connectivity index (χ2n) is 14.3. The van der Waals surface area contributed by atoms with E-state index in [1.165, 1.54) is 24.3 Å². The summed E-state index contributed by atoms with van der Waals surface area (Å²) in [6.07, 6.45) is -0.137. The van der Waals surface area contributed by atoms with Gasteiger partial charge in [-0.2, -0.15) is 0 Å². The Balaban J connectivity index is 0.000000246. The van der Waals surface area contributed by atoms with Gasteiger partial charge in [-0.05, 0) is 95.5 Å². The van der Waals surface area contributed by atoms with E-state index in [1.54, 1.807) is 53.7 Å². The molecule has 2 aromatic rings. The molecule has 15 nitrogen and oxygen atoms in total. The number of aryl methyl sites for hydroxylation is 3. The van der Waals surface area contributed by atoms with Crippen LogP contribution in [0, 0.1) is 20.8 Å². The number of hydrogen-bond donors (Lipinski definition) is 5. The van der Waals surface area contributed by atoms with Gasteiger partial charge in [0.1, 0.15) is 47.9 Å². The molecule has 0 radical (unpaired) electrons. The fraction of sp³-hybridized carbons (Fsp3) is 0.450. The van der Waals surface area contributed by atoms with E-state index in [1.807, 2.05) is 13.0 Å². The molecule has 0 aromatic heterocycles. The first kappa shape index (κ1) is 42.5. The van der Waals surface area contributed by atoms with E-state index in [0.717, 1.165) is 11.6 Å². The molecule has 0 spiro atoms. The summed E-state index contributed by atoms with van der Waals surface area (Å²) in [6, 6.07) is 6.38. The summed E-state index contributed by atoms with van der Waals surface area (Å²) in [4.78, 5) is 74.6. The number of nitrogens with one attached hydrogen (secondary N) is 2. The summed E-state index contributed by atoms with van der Waals surface area (Å²) in [5.41, 5.74) is 2.59. The van der Waals surface area contributed by atoms with Crippen molar-refractivity contribution >= 4 is 46.7 Å². The lowest BCUT2D eigenvalue weighted by Crippen LogP contribution is -2.51. The largest absolute Gasteiger partial charge is 0.507 e. The molecular weight excluding hydrogens is 716 g/mol. The van der Waals surface area contributed by atoms with Crippen LogP contribution in [0.2, 0.25) is 0 Å². The summed E-state index contributed by atoms with van der Waals surface area (Å²) >= 11 is 0. The van der Waals surface area contributed by atoms with Gasteiger partial charge in [0.2, 0.25) is 0 Å². The minimum absolute atomic E-state index is 0.0304. The number of aliphatic hydroxyl groups excluding tert-OH is 2. The Morgan fingerprint density at radius 2 is 1.16 bits per heavy atom. The molecule has 5 rings (SSSR count). The third kappa shape index (κ3) is 11.4. The molecule has 3 aliphatic rings. The number of aromatic hydroxyl groups is 1. The number of anilines is 2. The van der Waals surface area contributed by atoms with Crippen LogP contribution in [-0.4, -0.2) is 93.0 Å². The zero-order valence-corrected chi connectivity index (χ0v) is 31.8. The Morgan fingerprint density at radius 3 is 1.78 bits per heavy atom. The molecule has 2 bridgehead atoms. The van der Waals surface area contributed by atoms with Gasteiger partial charge in [0.05, 0.1) is 16.9 Å². The minimum atomic E-state index is -1.68. The molecule has 55 heavy (non-hydrogen) atoms. The fourth-order valence-corrected chi connectivity index (χ4v) is 6.17. The van der Waals surface area contributed by atoms with E-state index in [4.69, 9.17) is 18.9 Å². The van der Waals surface area contributed by atoms with Crippen LogP contribution in [0.25, 0.3) is 0 Å². The zero-order valence-electron chi connectivity index (χ0n) is 31.8. The summed E-state index contributed by atoms with van der Waals surface area (Å²) < 4.78 is 22.2. The third-order valence-electron chi connectivity index (χ3n) is 8.75. The van der Waals surface area contributed by atoms with Crippen molar-refractivity contribution in [1.82, 2.24) is 0 Å². The van der Waals surface area contributed by atoms with Gasteiger partial charge in [0.25, 0.3) is 11.8 Å². The fourth-order valence-electron chi connectivity index (χ4n) is 6.17. The SMILES string of the molecule is Cc1cc(C)c2c(c1)NC(=O)[C@@H]1C[C@H](OC(C)(C)O1)C(=O)/C=C/C[C@H](C)OC2=O.Cc1cc(O)c2c(c1)NC(=O)[C@@H](O)C[C@H](O)C(=O)/C=C/C[C@H](C)OC2=O. The molecule has 296 valence electrons. The van der Waals surface area contributed by atoms with Crippen molar-refractivity contribution in [2.75, 3.05) is 10.6 Å². The second-order valence-corrected chi connectivity index (χ2v) is 14.3. The van der Waals surface area contributed by atoms with Crippen LogP contribution in [0.4, 0.5) is 11.4 Å². The van der Waals surface area contributed by atoms with Gasteiger partial charge in [-0.15, -0.1) is 0 Å². The van der Waals surface area contributed by atoms with Crippen LogP contribution in [0.3, 0.4) is 0 Å². The number of amides is 2. The Labute approximate surface area is 318 Å². The molecule has 2 amide bonds. The molecule has 0 aliphatic carbocycles. The highest BCUT2D eigenvalue weighted by Gasteiger charge is 2.41. The third-order valence-corrected chi connectivity index (χ3v) is 8.75. The zero-order chi connectivity index (χ0) is 40.8. The van der Waals surface area contributed by atoms with E-state index < -0.39 is 78.4 Å². The lowest BCUT2D eigenvalue weighted by atomic mass is 10.0. The van der Waals surface area contributed by atoms with Gasteiger partial charge < -0.3 is 44.9 Å². The summed E-state index contributed by atoms with van der Waals surface area (Å²) in [6.45, 7) is 12.0. The molecule has 1 fully saturated rings. The number of phenols is 1. The molecule has 3 heterocycles. The number of ether oxygens (including phenoxy) is 4. The van der Waals surface area contributed by atoms with Crippen molar-refractivity contribution in [2.45, 2.75) is 117 Å². The van der Waals surface area contributed by atoms with Crippen LogP contribution in [0.5, 0.6) is 5.75 Å². The molecule has 0 saturated carbocycles. The van der Waals surface area contributed by atoms with E-state index in [2.05, 4.69) is 10.6 Å². The first-order chi connectivity index (χ1) is 25.7. The highest BCUT2D eigenvalue weighted by Crippen LogP contribution is 2.31. The maximum atomic E-state index is 13.0. The predicted molar refractivity (Wildman–Crippen MR) is 198 cm³/mol. The molecule has 5 N–H and O–H groups in total. The average Bonchev–Trinajstić information content (AvgIpc) is 3.06. The highest BCUT2D eigenvalue weighted by molar-refractivity contribution is 6.05. The lowest BCUT2D eigenvalue weighted by Gasteiger charge is -2.39. The first-order valence-corrected chi connectivity index (χ1v) is 17.9. The molecule has 3 aliphatic heterocycles. The smallest absolute Gasteiger partial charge is 0.344 e. The van der Waals surface area contributed by atoms with Crippen LogP contribution in [0.1, 0.15) is 90.8 Å². The second kappa shape index (κ2) is 17.9. The van der Waals surface area contributed by atoms with E-state index >= 15 is 0 Å². The van der Waals surface area contributed by atoms with Crippen molar-refractivity contribution in [3.63, 3.8) is 0 Å². The number of carbonyl (C=O) groups is 6. The lowest BCUT2D eigenvalue weighted by molar-refractivity contribution is -0.285. The van der Waals surface area contributed by atoms with Gasteiger partial charge in [0.15, 0.2) is 17.4 Å². The summed E-state index contributed by atoms with van der Waals surface area (Å²) in [5.74, 6) is -5.11. The Morgan fingerprint density at radius 1 is 0.655 bits per heavy atom. The van der Waals surface area contributed by atoms with Crippen LogP contribution < -0.4 is 10.6 Å². The summed E-state index contributed by atoms with van der Waals surface area (Å²) in [5, 5.41) is 35.0. The Bertz CT molecular complexity index is 1900. The van der Waals surface area contributed by atoms with Gasteiger partial charge in [-0.3, -0.25) is 19.2 Å². The van der Waals surface area contributed by atoms with Gasteiger partial charge in [-0.25, -0.2) is 9.59 Å².